The van der Waals surface area contributed by atoms with Crippen molar-refractivity contribution in [2.75, 3.05) is 19.6 Å². The van der Waals surface area contributed by atoms with Gasteiger partial charge in [-0.25, -0.2) is 4.39 Å². The third-order valence-electron chi connectivity index (χ3n) is 1.86. The summed E-state index contributed by atoms with van der Waals surface area (Å²) in [6.07, 6.45) is 3.26. The summed E-state index contributed by atoms with van der Waals surface area (Å²) in [6.45, 7) is 4.94. The second-order valence-corrected chi connectivity index (χ2v) is 2.94. The SMILES string of the molecule is C/C(=C/F)CN1CCCC1. The van der Waals surface area contributed by atoms with E-state index in [0.717, 1.165) is 25.2 Å². The van der Waals surface area contributed by atoms with Crippen LogP contribution in [-0.2, 0) is 0 Å². The fourth-order valence-electron chi connectivity index (χ4n) is 1.33. The minimum Gasteiger partial charge on any atom is -0.299 e. The second-order valence-electron chi connectivity index (χ2n) is 2.94. The maximum atomic E-state index is 11.9. The Hall–Kier alpha value is -0.370. The van der Waals surface area contributed by atoms with Crippen molar-refractivity contribution in [3.05, 3.63) is 11.9 Å². The molecule has 10 heavy (non-hydrogen) atoms. The average molecular weight is 143 g/mol. The van der Waals surface area contributed by atoms with Crippen LogP contribution in [0.25, 0.3) is 0 Å². The van der Waals surface area contributed by atoms with E-state index in [1.165, 1.54) is 12.8 Å². The Labute approximate surface area is 61.5 Å². The highest BCUT2D eigenvalue weighted by Crippen LogP contribution is 2.09. The lowest BCUT2D eigenvalue weighted by molar-refractivity contribution is 0.366. The zero-order chi connectivity index (χ0) is 7.40. The van der Waals surface area contributed by atoms with E-state index in [4.69, 9.17) is 0 Å². The van der Waals surface area contributed by atoms with Crippen LogP contribution >= 0.6 is 0 Å². The van der Waals surface area contributed by atoms with Crippen molar-refractivity contribution in [3.63, 3.8) is 0 Å². The molecule has 0 aromatic carbocycles. The van der Waals surface area contributed by atoms with Gasteiger partial charge in [0.25, 0.3) is 0 Å². The van der Waals surface area contributed by atoms with E-state index < -0.39 is 0 Å². The number of hydrogen-bond acceptors (Lipinski definition) is 1. The molecule has 1 heterocycles. The molecule has 0 bridgehead atoms. The van der Waals surface area contributed by atoms with Crippen LogP contribution in [0.1, 0.15) is 19.8 Å². The highest BCUT2D eigenvalue weighted by molar-refractivity contribution is 4.96. The molecule has 58 valence electrons. The van der Waals surface area contributed by atoms with E-state index in [0.29, 0.717) is 6.33 Å². The van der Waals surface area contributed by atoms with Crippen molar-refractivity contribution in [3.8, 4) is 0 Å². The summed E-state index contributed by atoms with van der Waals surface area (Å²) in [5.41, 5.74) is 0.835. The average Bonchev–Trinajstić information content (AvgIpc) is 2.40. The lowest BCUT2D eigenvalue weighted by Gasteiger charge is -2.13. The van der Waals surface area contributed by atoms with E-state index in [1.54, 1.807) is 0 Å². The van der Waals surface area contributed by atoms with E-state index in [-0.39, 0.29) is 0 Å². The van der Waals surface area contributed by atoms with Crippen molar-refractivity contribution in [1.29, 1.82) is 0 Å². The monoisotopic (exact) mass is 143 g/mol. The Morgan fingerprint density at radius 1 is 1.50 bits per heavy atom. The van der Waals surface area contributed by atoms with E-state index >= 15 is 0 Å². The molecule has 0 aromatic rings. The summed E-state index contributed by atoms with van der Waals surface area (Å²) >= 11 is 0. The zero-order valence-corrected chi connectivity index (χ0v) is 6.44. The van der Waals surface area contributed by atoms with Crippen molar-refractivity contribution >= 4 is 0 Å². The summed E-state index contributed by atoms with van der Waals surface area (Å²) < 4.78 is 11.9. The molecule has 0 atom stereocenters. The quantitative estimate of drug-likeness (QED) is 0.571. The van der Waals surface area contributed by atoms with Gasteiger partial charge in [0.2, 0.25) is 0 Å². The Bertz CT molecular complexity index is 125. The normalized spacial score (nSPS) is 22.0. The molecule has 1 nitrogen and oxygen atoms in total. The molecule has 0 amide bonds. The van der Waals surface area contributed by atoms with Crippen LogP contribution < -0.4 is 0 Å². The fraction of sp³-hybridized carbons (Fsp3) is 0.750. The smallest absolute Gasteiger partial charge is 0.0869 e. The van der Waals surface area contributed by atoms with E-state index in [1.807, 2.05) is 6.92 Å². The van der Waals surface area contributed by atoms with Gasteiger partial charge in [-0.3, -0.25) is 4.90 Å². The van der Waals surface area contributed by atoms with Gasteiger partial charge >= 0.3 is 0 Å². The first-order valence-electron chi connectivity index (χ1n) is 3.81. The van der Waals surface area contributed by atoms with Crippen molar-refractivity contribution in [1.82, 2.24) is 4.90 Å². The molecule has 2 heteroatoms. The first-order valence-corrected chi connectivity index (χ1v) is 3.81. The van der Waals surface area contributed by atoms with Gasteiger partial charge in [0, 0.05) is 6.54 Å². The highest BCUT2D eigenvalue weighted by Gasteiger charge is 2.10. The summed E-state index contributed by atoms with van der Waals surface area (Å²) in [5.74, 6) is 0. The molecule has 0 radical (unpaired) electrons. The third-order valence-corrected chi connectivity index (χ3v) is 1.86. The van der Waals surface area contributed by atoms with Gasteiger partial charge in [-0.15, -0.1) is 0 Å². The predicted molar refractivity (Wildman–Crippen MR) is 40.5 cm³/mol. The summed E-state index contributed by atoms with van der Waals surface area (Å²) in [7, 11) is 0. The van der Waals surface area contributed by atoms with Crippen LogP contribution in [0.2, 0.25) is 0 Å². The molecule has 0 spiro atoms. The van der Waals surface area contributed by atoms with Crippen molar-refractivity contribution in [2.24, 2.45) is 0 Å². The molecule has 0 aliphatic carbocycles. The van der Waals surface area contributed by atoms with Crippen molar-refractivity contribution < 1.29 is 4.39 Å². The summed E-state index contributed by atoms with van der Waals surface area (Å²) in [4.78, 5) is 2.28. The molecule has 1 rings (SSSR count). The topological polar surface area (TPSA) is 3.24 Å². The maximum absolute atomic E-state index is 11.9. The standard InChI is InChI=1S/C8H14FN/c1-8(6-9)7-10-4-2-3-5-10/h6H,2-5,7H2,1H3/b8-6-. The molecule has 0 aromatic heterocycles. The van der Waals surface area contributed by atoms with Crippen LogP contribution in [-0.4, -0.2) is 24.5 Å². The van der Waals surface area contributed by atoms with Gasteiger partial charge < -0.3 is 0 Å². The van der Waals surface area contributed by atoms with Crippen LogP contribution in [0.5, 0.6) is 0 Å². The first-order chi connectivity index (χ1) is 4.83. The number of rotatable bonds is 2. The minimum atomic E-state index is 0.707. The summed E-state index contributed by atoms with van der Waals surface area (Å²) in [5, 5.41) is 0. The van der Waals surface area contributed by atoms with E-state index in [2.05, 4.69) is 4.90 Å². The Kier molecular flexibility index (Phi) is 2.87. The van der Waals surface area contributed by atoms with Gasteiger partial charge in [0.15, 0.2) is 0 Å². The van der Waals surface area contributed by atoms with Crippen LogP contribution in [0.15, 0.2) is 11.9 Å². The molecule has 0 saturated carbocycles. The lowest BCUT2D eigenvalue weighted by Crippen LogP contribution is -2.20. The third kappa shape index (κ3) is 2.10. The van der Waals surface area contributed by atoms with Gasteiger partial charge in [-0.1, -0.05) is 0 Å². The van der Waals surface area contributed by atoms with Crippen LogP contribution in [0.3, 0.4) is 0 Å². The summed E-state index contributed by atoms with van der Waals surface area (Å²) in [6, 6.07) is 0. The maximum Gasteiger partial charge on any atom is 0.0869 e. The first kappa shape index (κ1) is 7.73. The largest absolute Gasteiger partial charge is 0.299 e. The van der Waals surface area contributed by atoms with Gasteiger partial charge in [0.1, 0.15) is 0 Å². The van der Waals surface area contributed by atoms with Crippen molar-refractivity contribution in [2.45, 2.75) is 19.8 Å². The van der Waals surface area contributed by atoms with Crippen LogP contribution in [0, 0.1) is 0 Å². The Morgan fingerprint density at radius 3 is 2.60 bits per heavy atom. The Morgan fingerprint density at radius 2 is 2.10 bits per heavy atom. The fourth-order valence-corrected chi connectivity index (χ4v) is 1.33. The molecule has 1 saturated heterocycles. The number of likely N-dealkylation sites (tertiary alicyclic amines) is 1. The minimum absolute atomic E-state index is 0.707. The van der Waals surface area contributed by atoms with Gasteiger partial charge in [-0.2, -0.15) is 0 Å². The number of hydrogen-bond donors (Lipinski definition) is 0. The number of nitrogens with zero attached hydrogens (tertiary/aromatic N) is 1. The second kappa shape index (κ2) is 3.71. The molecule has 1 fully saturated rings. The molecule has 1 aliphatic heterocycles. The zero-order valence-electron chi connectivity index (χ0n) is 6.44. The molecule has 1 aliphatic rings. The molecule has 0 unspecified atom stereocenters. The lowest BCUT2D eigenvalue weighted by atomic mass is 10.3. The van der Waals surface area contributed by atoms with Crippen LogP contribution in [0.4, 0.5) is 4.39 Å². The van der Waals surface area contributed by atoms with Gasteiger partial charge in [0.05, 0.1) is 6.33 Å². The molecular formula is C8H14FN. The Balaban J connectivity index is 2.24. The molecular weight excluding hydrogens is 129 g/mol. The van der Waals surface area contributed by atoms with Gasteiger partial charge in [-0.05, 0) is 38.4 Å². The highest BCUT2D eigenvalue weighted by atomic mass is 19.1. The van der Waals surface area contributed by atoms with E-state index in [9.17, 15) is 4.39 Å². The number of halogens is 1. The molecule has 0 N–H and O–H groups in total. The predicted octanol–water partition coefficient (Wildman–Crippen LogP) is 1.96.